The van der Waals surface area contributed by atoms with Crippen molar-refractivity contribution in [3.05, 3.63) is 0 Å². The maximum Gasteiger partial charge on any atom is 0.126 e. The maximum atomic E-state index is 10.9. The fraction of sp³-hybridized carbons (Fsp3) is 0.909. The molecule has 0 aromatic heterocycles. The number of carbonyl (C=O) groups excluding carboxylic acids is 1. The van der Waals surface area contributed by atoms with Gasteiger partial charge >= 0.3 is 0 Å². The van der Waals surface area contributed by atoms with E-state index in [1.54, 1.807) is 14.2 Å². The van der Waals surface area contributed by atoms with Crippen LogP contribution in [0.25, 0.3) is 0 Å². The largest absolute Gasteiger partial charge is 0.367 e. The Kier molecular flexibility index (Phi) is 6.02. The molecular formula is C11H23NO3. The Morgan fingerprint density at radius 3 is 1.87 bits per heavy atom. The average Bonchev–Trinajstić information content (AvgIpc) is 2.23. The highest BCUT2D eigenvalue weighted by molar-refractivity contribution is 5.58. The van der Waals surface area contributed by atoms with Gasteiger partial charge in [0, 0.05) is 26.2 Å². The lowest BCUT2D eigenvalue weighted by Crippen LogP contribution is -2.47. The van der Waals surface area contributed by atoms with Gasteiger partial charge in [0.05, 0.1) is 0 Å². The maximum absolute atomic E-state index is 10.9. The number of hydrogen-bond acceptors (Lipinski definition) is 4. The molecule has 4 nitrogen and oxygen atoms in total. The van der Waals surface area contributed by atoms with E-state index in [1.165, 1.54) is 0 Å². The van der Waals surface area contributed by atoms with Gasteiger partial charge in [0.2, 0.25) is 0 Å². The van der Waals surface area contributed by atoms with E-state index in [9.17, 15) is 4.79 Å². The molecule has 0 aliphatic carbocycles. The number of methoxy groups -OCH3 is 2. The third-order valence-electron chi connectivity index (χ3n) is 2.53. The SMILES string of the molecule is COC(C)N(CC(C)(C)C=O)C(C)OC. The van der Waals surface area contributed by atoms with Gasteiger partial charge in [0.1, 0.15) is 18.7 Å². The number of hydrogen-bond donors (Lipinski definition) is 0. The van der Waals surface area contributed by atoms with Crippen molar-refractivity contribution < 1.29 is 14.3 Å². The minimum atomic E-state index is -0.389. The van der Waals surface area contributed by atoms with Gasteiger partial charge in [-0.3, -0.25) is 4.90 Å². The first-order chi connectivity index (χ1) is 6.87. The molecule has 0 aliphatic rings. The topological polar surface area (TPSA) is 38.8 Å². The second-order valence-electron chi connectivity index (χ2n) is 4.45. The van der Waals surface area contributed by atoms with Crippen LogP contribution in [0.2, 0.25) is 0 Å². The van der Waals surface area contributed by atoms with Crippen molar-refractivity contribution in [1.29, 1.82) is 0 Å². The molecule has 0 aromatic rings. The van der Waals surface area contributed by atoms with E-state index in [0.717, 1.165) is 6.29 Å². The van der Waals surface area contributed by atoms with Crippen molar-refractivity contribution in [2.45, 2.75) is 40.2 Å². The molecule has 0 radical (unpaired) electrons. The van der Waals surface area contributed by atoms with Crippen LogP contribution in [0, 0.1) is 5.41 Å². The number of nitrogens with zero attached hydrogens (tertiary/aromatic N) is 1. The Balaban J connectivity index is 4.57. The van der Waals surface area contributed by atoms with Crippen molar-refractivity contribution >= 4 is 6.29 Å². The molecule has 0 amide bonds. The van der Waals surface area contributed by atoms with Gasteiger partial charge in [-0.05, 0) is 13.8 Å². The molecule has 15 heavy (non-hydrogen) atoms. The van der Waals surface area contributed by atoms with Gasteiger partial charge in [0.15, 0.2) is 0 Å². The lowest BCUT2D eigenvalue weighted by atomic mass is 9.95. The van der Waals surface area contributed by atoms with E-state index < -0.39 is 0 Å². The number of ether oxygens (including phenoxy) is 2. The van der Waals surface area contributed by atoms with Gasteiger partial charge in [-0.15, -0.1) is 0 Å². The van der Waals surface area contributed by atoms with E-state index in [0.29, 0.717) is 6.54 Å². The lowest BCUT2D eigenvalue weighted by molar-refractivity contribution is -0.137. The predicted octanol–water partition coefficient (Wildman–Crippen LogP) is 1.50. The third kappa shape index (κ3) is 4.73. The molecular weight excluding hydrogens is 194 g/mol. The summed E-state index contributed by atoms with van der Waals surface area (Å²) >= 11 is 0. The summed E-state index contributed by atoms with van der Waals surface area (Å²) in [7, 11) is 3.29. The molecule has 0 bridgehead atoms. The zero-order valence-electron chi connectivity index (χ0n) is 10.6. The average molecular weight is 217 g/mol. The molecule has 0 saturated heterocycles. The molecule has 0 spiro atoms. The van der Waals surface area contributed by atoms with Gasteiger partial charge < -0.3 is 14.3 Å². The Labute approximate surface area is 92.5 Å². The number of carbonyl (C=O) groups is 1. The Morgan fingerprint density at radius 1 is 1.20 bits per heavy atom. The quantitative estimate of drug-likeness (QED) is 0.478. The Bertz CT molecular complexity index is 184. The smallest absolute Gasteiger partial charge is 0.126 e. The minimum absolute atomic E-state index is 0.0702. The molecule has 2 atom stereocenters. The molecule has 0 rings (SSSR count). The zero-order chi connectivity index (χ0) is 12.1. The van der Waals surface area contributed by atoms with Crippen LogP contribution in [-0.4, -0.2) is 44.4 Å². The fourth-order valence-corrected chi connectivity index (χ4v) is 1.33. The summed E-state index contributed by atoms with van der Waals surface area (Å²) in [5.74, 6) is 0. The monoisotopic (exact) mass is 217 g/mol. The van der Waals surface area contributed by atoms with Crippen LogP contribution in [0.15, 0.2) is 0 Å². The summed E-state index contributed by atoms with van der Waals surface area (Å²) < 4.78 is 10.5. The normalized spacial score (nSPS) is 16.5. The second-order valence-corrected chi connectivity index (χ2v) is 4.45. The van der Waals surface area contributed by atoms with Crippen molar-refractivity contribution in [3.8, 4) is 0 Å². The summed E-state index contributed by atoms with van der Waals surface area (Å²) in [6.07, 6.45) is 0.823. The van der Waals surface area contributed by atoms with Gasteiger partial charge in [-0.1, -0.05) is 13.8 Å². The van der Waals surface area contributed by atoms with Crippen molar-refractivity contribution in [2.75, 3.05) is 20.8 Å². The molecule has 0 heterocycles. The van der Waals surface area contributed by atoms with Crippen LogP contribution in [0.4, 0.5) is 0 Å². The fourth-order valence-electron chi connectivity index (χ4n) is 1.33. The summed E-state index contributed by atoms with van der Waals surface area (Å²) in [6.45, 7) is 8.29. The first kappa shape index (κ1) is 14.6. The highest BCUT2D eigenvalue weighted by Gasteiger charge is 2.27. The van der Waals surface area contributed by atoms with Crippen molar-refractivity contribution in [1.82, 2.24) is 4.90 Å². The van der Waals surface area contributed by atoms with Crippen LogP contribution < -0.4 is 0 Å². The number of rotatable bonds is 7. The van der Waals surface area contributed by atoms with Crippen LogP contribution in [0.1, 0.15) is 27.7 Å². The zero-order valence-corrected chi connectivity index (χ0v) is 10.6. The molecule has 0 N–H and O–H groups in total. The third-order valence-corrected chi connectivity index (χ3v) is 2.53. The van der Waals surface area contributed by atoms with Gasteiger partial charge in [-0.25, -0.2) is 0 Å². The van der Waals surface area contributed by atoms with Crippen LogP contribution in [0.5, 0.6) is 0 Å². The molecule has 0 aliphatic heterocycles. The lowest BCUT2D eigenvalue weighted by Gasteiger charge is -2.36. The van der Waals surface area contributed by atoms with E-state index in [1.807, 2.05) is 32.6 Å². The van der Waals surface area contributed by atoms with E-state index in [-0.39, 0.29) is 17.9 Å². The molecule has 0 saturated carbocycles. The number of aldehydes is 1. The highest BCUT2D eigenvalue weighted by Crippen LogP contribution is 2.18. The summed E-state index contributed by atoms with van der Waals surface area (Å²) in [4.78, 5) is 12.9. The highest BCUT2D eigenvalue weighted by atomic mass is 16.5. The van der Waals surface area contributed by atoms with Crippen molar-refractivity contribution in [3.63, 3.8) is 0 Å². The van der Waals surface area contributed by atoms with Gasteiger partial charge in [0.25, 0.3) is 0 Å². The summed E-state index contributed by atoms with van der Waals surface area (Å²) in [6, 6.07) is 0. The standard InChI is InChI=1S/C11H23NO3/c1-9(14-5)12(10(2)15-6)7-11(3,4)8-13/h8-10H,7H2,1-6H3. The summed E-state index contributed by atoms with van der Waals surface area (Å²) in [5.41, 5.74) is -0.389. The van der Waals surface area contributed by atoms with Crippen LogP contribution in [0.3, 0.4) is 0 Å². The molecule has 2 unspecified atom stereocenters. The van der Waals surface area contributed by atoms with Crippen LogP contribution >= 0.6 is 0 Å². The second kappa shape index (κ2) is 6.20. The van der Waals surface area contributed by atoms with E-state index >= 15 is 0 Å². The molecule has 90 valence electrons. The Morgan fingerprint density at radius 2 is 1.60 bits per heavy atom. The first-order valence-electron chi connectivity index (χ1n) is 5.15. The molecule has 0 fully saturated rings. The Hall–Kier alpha value is -0.450. The molecule has 0 aromatic carbocycles. The molecule has 4 heteroatoms. The van der Waals surface area contributed by atoms with Gasteiger partial charge in [-0.2, -0.15) is 0 Å². The first-order valence-corrected chi connectivity index (χ1v) is 5.15. The van der Waals surface area contributed by atoms with Crippen LogP contribution in [-0.2, 0) is 14.3 Å². The summed E-state index contributed by atoms with van der Waals surface area (Å²) in [5, 5.41) is 0. The van der Waals surface area contributed by atoms with E-state index in [2.05, 4.69) is 0 Å². The van der Waals surface area contributed by atoms with Crippen molar-refractivity contribution in [2.24, 2.45) is 5.41 Å². The predicted molar refractivity (Wildman–Crippen MR) is 59.5 cm³/mol. The van der Waals surface area contributed by atoms with E-state index in [4.69, 9.17) is 9.47 Å². The minimum Gasteiger partial charge on any atom is -0.367 e.